The standard InChI is InChI=1S/C16H21BrF3N3O/c1-11(13-2-4-14(17)5-3-13)22-15(24)21-8-12-6-7-23(9-12)10-16(18,19)20/h2-5,11-12H,6-10H2,1H3,(H2,21,22,24). The Morgan fingerprint density at radius 3 is 2.67 bits per heavy atom. The number of hydrogen-bond donors (Lipinski definition) is 2. The molecule has 0 radical (unpaired) electrons. The van der Waals surface area contributed by atoms with E-state index in [1.165, 1.54) is 4.90 Å². The van der Waals surface area contributed by atoms with Crippen LogP contribution in [0, 0.1) is 5.92 Å². The molecule has 1 fully saturated rings. The van der Waals surface area contributed by atoms with E-state index in [1.54, 1.807) is 0 Å². The van der Waals surface area contributed by atoms with E-state index in [-0.39, 0.29) is 18.0 Å². The summed E-state index contributed by atoms with van der Waals surface area (Å²) >= 11 is 3.36. The smallest absolute Gasteiger partial charge is 0.338 e. The van der Waals surface area contributed by atoms with Crippen molar-refractivity contribution in [1.82, 2.24) is 15.5 Å². The van der Waals surface area contributed by atoms with E-state index in [0.717, 1.165) is 10.0 Å². The Hall–Kier alpha value is -1.28. The van der Waals surface area contributed by atoms with Gasteiger partial charge < -0.3 is 10.6 Å². The highest BCUT2D eigenvalue weighted by molar-refractivity contribution is 9.10. The molecule has 0 bridgehead atoms. The summed E-state index contributed by atoms with van der Waals surface area (Å²) in [6.45, 7) is 2.16. The van der Waals surface area contributed by atoms with E-state index in [0.29, 0.717) is 26.1 Å². The van der Waals surface area contributed by atoms with Crippen molar-refractivity contribution >= 4 is 22.0 Å². The molecule has 8 heteroatoms. The first-order chi connectivity index (χ1) is 11.2. The minimum Gasteiger partial charge on any atom is -0.338 e. The Bertz CT molecular complexity index is 550. The van der Waals surface area contributed by atoms with Gasteiger partial charge in [-0.05, 0) is 43.5 Å². The summed E-state index contributed by atoms with van der Waals surface area (Å²) in [5.74, 6) is 0.0566. The Kier molecular flexibility index (Phi) is 6.51. The van der Waals surface area contributed by atoms with Crippen LogP contribution in [0.4, 0.5) is 18.0 Å². The predicted molar refractivity (Wildman–Crippen MR) is 89.7 cm³/mol. The number of hydrogen-bond acceptors (Lipinski definition) is 2. The molecule has 1 heterocycles. The van der Waals surface area contributed by atoms with Gasteiger partial charge in [-0.3, -0.25) is 4.90 Å². The lowest BCUT2D eigenvalue weighted by Crippen LogP contribution is -2.40. The lowest BCUT2D eigenvalue weighted by Gasteiger charge is -2.19. The van der Waals surface area contributed by atoms with Crippen molar-refractivity contribution in [1.29, 1.82) is 0 Å². The number of carbonyl (C=O) groups is 1. The molecule has 1 aliphatic rings. The largest absolute Gasteiger partial charge is 0.401 e. The van der Waals surface area contributed by atoms with Gasteiger partial charge >= 0.3 is 12.2 Å². The van der Waals surface area contributed by atoms with Crippen molar-refractivity contribution in [3.05, 3.63) is 34.3 Å². The number of carbonyl (C=O) groups excluding carboxylic acids is 1. The maximum Gasteiger partial charge on any atom is 0.401 e. The molecule has 0 saturated carbocycles. The van der Waals surface area contributed by atoms with Crippen LogP contribution in [0.2, 0.25) is 0 Å². The van der Waals surface area contributed by atoms with Gasteiger partial charge in [0.2, 0.25) is 0 Å². The Labute approximate surface area is 147 Å². The number of urea groups is 1. The van der Waals surface area contributed by atoms with Crippen LogP contribution in [0.5, 0.6) is 0 Å². The lowest BCUT2D eigenvalue weighted by atomic mass is 10.1. The first-order valence-electron chi connectivity index (χ1n) is 7.82. The first-order valence-corrected chi connectivity index (χ1v) is 8.61. The van der Waals surface area contributed by atoms with Crippen LogP contribution < -0.4 is 10.6 Å². The third-order valence-corrected chi connectivity index (χ3v) is 4.57. The van der Waals surface area contributed by atoms with Crippen LogP contribution in [-0.4, -0.2) is 43.3 Å². The van der Waals surface area contributed by atoms with E-state index in [1.807, 2.05) is 31.2 Å². The number of benzene rings is 1. The molecule has 2 unspecified atom stereocenters. The summed E-state index contributed by atoms with van der Waals surface area (Å²) in [4.78, 5) is 13.3. The van der Waals surface area contributed by atoms with Gasteiger partial charge in [0.25, 0.3) is 0 Å². The second-order valence-corrected chi connectivity index (χ2v) is 7.05. The van der Waals surface area contributed by atoms with Crippen molar-refractivity contribution in [2.75, 3.05) is 26.2 Å². The summed E-state index contributed by atoms with van der Waals surface area (Å²) in [7, 11) is 0. The highest BCUT2D eigenvalue weighted by Crippen LogP contribution is 2.22. The van der Waals surface area contributed by atoms with Crippen molar-refractivity contribution < 1.29 is 18.0 Å². The zero-order valence-electron chi connectivity index (χ0n) is 13.4. The highest BCUT2D eigenvalue weighted by Gasteiger charge is 2.34. The summed E-state index contributed by atoms with van der Waals surface area (Å²) in [6.07, 6.45) is -3.50. The molecular formula is C16H21BrF3N3O. The normalized spacial score (nSPS) is 20.0. The number of alkyl halides is 3. The van der Waals surface area contributed by atoms with Crippen molar-refractivity contribution in [3.8, 4) is 0 Å². The van der Waals surface area contributed by atoms with Gasteiger partial charge in [0.1, 0.15) is 0 Å². The molecule has 0 spiro atoms. The molecule has 2 atom stereocenters. The molecule has 1 aliphatic heterocycles. The van der Waals surface area contributed by atoms with E-state index in [2.05, 4.69) is 26.6 Å². The summed E-state index contributed by atoms with van der Waals surface area (Å²) < 4.78 is 38.0. The maximum atomic E-state index is 12.4. The Morgan fingerprint density at radius 1 is 1.38 bits per heavy atom. The van der Waals surface area contributed by atoms with Crippen molar-refractivity contribution in [2.24, 2.45) is 5.92 Å². The average molecular weight is 408 g/mol. The fourth-order valence-corrected chi connectivity index (χ4v) is 3.06. The third-order valence-electron chi connectivity index (χ3n) is 4.04. The third kappa shape index (κ3) is 6.32. The maximum absolute atomic E-state index is 12.4. The molecule has 0 aromatic heterocycles. The molecule has 2 rings (SSSR count). The fourth-order valence-electron chi connectivity index (χ4n) is 2.80. The van der Waals surface area contributed by atoms with E-state index >= 15 is 0 Å². The zero-order chi connectivity index (χ0) is 17.7. The molecule has 134 valence electrons. The first kappa shape index (κ1) is 19.1. The van der Waals surface area contributed by atoms with Gasteiger partial charge in [-0.2, -0.15) is 13.2 Å². The number of nitrogens with one attached hydrogen (secondary N) is 2. The van der Waals surface area contributed by atoms with Crippen molar-refractivity contribution in [2.45, 2.75) is 25.6 Å². The minimum atomic E-state index is -4.17. The number of halogens is 4. The SMILES string of the molecule is CC(NC(=O)NCC1CCN(CC(F)(F)F)C1)c1ccc(Br)cc1. The quantitative estimate of drug-likeness (QED) is 0.781. The van der Waals surface area contributed by atoms with Gasteiger partial charge in [0.05, 0.1) is 12.6 Å². The molecule has 1 aromatic rings. The average Bonchev–Trinajstić information content (AvgIpc) is 2.91. The highest BCUT2D eigenvalue weighted by atomic mass is 79.9. The summed E-state index contributed by atoms with van der Waals surface area (Å²) in [5, 5.41) is 5.58. The molecule has 24 heavy (non-hydrogen) atoms. The number of nitrogens with zero attached hydrogens (tertiary/aromatic N) is 1. The zero-order valence-corrected chi connectivity index (χ0v) is 15.0. The van der Waals surface area contributed by atoms with Crippen LogP contribution in [-0.2, 0) is 0 Å². The summed E-state index contributed by atoms with van der Waals surface area (Å²) in [6, 6.07) is 7.18. The van der Waals surface area contributed by atoms with Gasteiger partial charge in [-0.15, -0.1) is 0 Å². The predicted octanol–water partition coefficient (Wildman–Crippen LogP) is 3.69. The topological polar surface area (TPSA) is 44.4 Å². The number of amides is 2. The molecule has 4 nitrogen and oxygen atoms in total. The number of likely N-dealkylation sites (tertiary alicyclic amines) is 1. The van der Waals surface area contributed by atoms with E-state index in [4.69, 9.17) is 0 Å². The molecule has 2 amide bonds. The minimum absolute atomic E-state index is 0.0566. The van der Waals surface area contributed by atoms with Gasteiger partial charge in [0.15, 0.2) is 0 Å². The van der Waals surface area contributed by atoms with Crippen LogP contribution in [0.15, 0.2) is 28.7 Å². The molecular weight excluding hydrogens is 387 g/mol. The van der Waals surface area contributed by atoms with Crippen LogP contribution in [0.1, 0.15) is 24.9 Å². The van der Waals surface area contributed by atoms with Crippen molar-refractivity contribution in [3.63, 3.8) is 0 Å². The molecule has 2 N–H and O–H groups in total. The Balaban J connectivity index is 1.71. The van der Waals surface area contributed by atoms with E-state index < -0.39 is 12.7 Å². The van der Waals surface area contributed by atoms with Crippen LogP contribution in [0.25, 0.3) is 0 Å². The molecule has 0 aliphatic carbocycles. The Morgan fingerprint density at radius 2 is 2.04 bits per heavy atom. The fraction of sp³-hybridized carbons (Fsp3) is 0.562. The second-order valence-electron chi connectivity index (χ2n) is 6.13. The van der Waals surface area contributed by atoms with E-state index in [9.17, 15) is 18.0 Å². The van der Waals surface area contributed by atoms with Gasteiger partial charge in [-0.25, -0.2) is 4.79 Å². The summed E-state index contributed by atoms with van der Waals surface area (Å²) in [5.41, 5.74) is 0.977. The second kappa shape index (κ2) is 8.20. The monoisotopic (exact) mass is 407 g/mol. The molecule has 1 aromatic carbocycles. The van der Waals surface area contributed by atoms with Gasteiger partial charge in [0, 0.05) is 17.6 Å². The van der Waals surface area contributed by atoms with Crippen LogP contribution in [0.3, 0.4) is 0 Å². The molecule has 1 saturated heterocycles. The van der Waals surface area contributed by atoms with Gasteiger partial charge in [-0.1, -0.05) is 28.1 Å². The van der Waals surface area contributed by atoms with Crippen LogP contribution >= 0.6 is 15.9 Å². The lowest BCUT2D eigenvalue weighted by molar-refractivity contribution is -0.143. The number of rotatable bonds is 5.